The van der Waals surface area contributed by atoms with Crippen molar-refractivity contribution in [2.45, 2.75) is 19.5 Å². The second-order valence-corrected chi connectivity index (χ2v) is 6.08. The highest BCUT2D eigenvalue weighted by Gasteiger charge is 2.28. The molecule has 0 atom stereocenters. The Balaban J connectivity index is 1.81. The largest absolute Gasteiger partial charge is 0.433 e. The van der Waals surface area contributed by atoms with Gasteiger partial charge >= 0.3 is 6.61 Å². The molecule has 1 aliphatic heterocycles. The molecule has 0 saturated heterocycles. The zero-order valence-electron chi connectivity index (χ0n) is 13.9. The van der Waals surface area contributed by atoms with Gasteiger partial charge < -0.3 is 9.64 Å². The molecule has 1 amide bonds. The number of pyridine rings is 1. The van der Waals surface area contributed by atoms with Gasteiger partial charge in [-0.15, -0.1) is 0 Å². The van der Waals surface area contributed by atoms with Crippen LogP contribution in [0.3, 0.4) is 0 Å². The quantitative estimate of drug-likeness (QED) is 0.699. The van der Waals surface area contributed by atoms with E-state index in [9.17, 15) is 13.6 Å². The van der Waals surface area contributed by atoms with Crippen LogP contribution in [0.2, 0.25) is 0 Å². The zero-order chi connectivity index (χ0) is 18.1. The van der Waals surface area contributed by atoms with E-state index >= 15 is 0 Å². The van der Waals surface area contributed by atoms with Crippen molar-refractivity contribution in [1.82, 2.24) is 4.98 Å². The van der Waals surface area contributed by atoms with E-state index in [1.807, 2.05) is 30.3 Å². The smallest absolute Gasteiger partial charge is 0.387 e. The number of amides is 1. The summed E-state index contributed by atoms with van der Waals surface area (Å²) in [6.07, 6.45) is 3.07. The van der Waals surface area contributed by atoms with Gasteiger partial charge in [0.2, 0.25) is 0 Å². The highest BCUT2D eigenvalue weighted by Crippen LogP contribution is 2.38. The van der Waals surface area contributed by atoms with Crippen molar-refractivity contribution in [3.63, 3.8) is 0 Å². The molecule has 6 heteroatoms. The summed E-state index contributed by atoms with van der Waals surface area (Å²) in [6.45, 7) is -2.49. The molecule has 0 unspecified atom stereocenters. The number of aryl methyl sites for hydroxylation is 1. The van der Waals surface area contributed by atoms with E-state index in [2.05, 4.69) is 9.72 Å². The molecule has 4 rings (SSSR count). The molecule has 132 valence electrons. The lowest BCUT2D eigenvalue weighted by molar-refractivity contribution is -0.0495. The number of ether oxygens (including phenoxy) is 1. The molecular weight excluding hydrogens is 338 g/mol. The molecule has 3 aromatic rings. The number of halogens is 2. The molecule has 0 N–H and O–H groups in total. The number of anilines is 1. The van der Waals surface area contributed by atoms with Crippen molar-refractivity contribution in [3.05, 3.63) is 65.9 Å². The Morgan fingerprint density at radius 1 is 1.12 bits per heavy atom. The number of hydrogen-bond donors (Lipinski definition) is 0. The molecule has 0 radical (unpaired) electrons. The molecule has 4 nitrogen and oxygen atoms in total. The normalized spacial score (nSPS) is 13.7. The van der Waals surface area contributed by atoms with Gasteiger partial charge in [0.05, 0.1) is 16.8 Å². The summed E-state index contributed by atoms with van der Waals surface area (Å²) in [5.74, 6) is -0.209. The number of nitrogens with zero attached hydrogens (tertiary/aromatic N) is 2. The van der Waals surface area contributed by atoms with Gasteiger partial charge in [0, 0.05) is 18.1 Å². The summed E-state index contributed by atoms with van der Waals surface area (Å²) < 4.78 is 30.3. The van der Waals surface area contributed by atoms with Crippen molar-refractivity contribution in [1.29, 1.82) is 0 Å². The summed E-state index contributed by atoms with van der Waals surface area (Å²) in [7, 11) is 0. The van der Waals surface area contributed by atoms with Gasteiger partial charge in [-0.1, -0.05) is 30.3 Å². The van der Waals surface area contributed by atoms with Gasteiger partial charge in [0.1, 0.15) is 5.75 Å². The van der Waals surface area contributed by atoms with E-state index in [0.29, 0.717) is 23.3 Å². The Bertz CT molecular complexity index is 970. The number of fused-ring (bicyclic) bond motifs is 2. The van der Waals surface area contributed by atoms with Crippen LogP contribution in [0.1, 0.15) is 22.3 Å². The van der Waals surface area contributed by atoms with E-state index < -0.39 is 6.61 Å². The Kier molecular flexibility index (Phi) is 4.24. The van der Waals surface area contributed by atoms with Crippen LogP contribution in [0.4, 0.5) is 14.5 Å². The molecule has 1 aliphatic rings. The van der Waals surface area contributed by atoms with Crippen LogP contribution in [0, 0.1) is 0 Å². The SMILES string of the molecule is O=C(c1ccnc2ccccc12)N1CCCc2cccc(OC(F)F)c21. The fraction of sp³-hybridized carbons (Fsp3) is 0.200. The highest BCUT2D eigenvalue weighted by molar-refractivity contribution is 6.14. The maximum absolute atomic E-state index is 13.3. The number of aromatic nitrogens is 1. The minimum absolute atomic E-state index is 0.0314. The molecule has 26 heavy (non-hydrogen) atoms. The van der Waals surface area contributed by atoms with Gasteiger partial charge in [0.15, 0.2) is 0 Å². The number of carbonyl (C=O) groups excluding carboxylic acids is 1. The summed E-state index contributed by atoms with van der Waals surface area (Å²) in [4.78, 5) is 19.1. The minimum Gasteiger partial charge on any atom is -0.433 e. The van der Waals surface area contributed by atoms with E-state index in [1.54, 1.807) is 18.3 Å². The topological polar surface area (TPSA) is 42.4 Å². The van der Waals surface area contributed by atoms with E-state index in [1.165, 1.54) is 11.0 Å². The zero-order valence-corrected chi connectivity index (χ0v) is 13.9. The lowest BCUT2D eigenvalue weighted by atomic mass is 9.99. The number of carbonyl (C=O) groups is 1. The minimum atomic E-state index is -2.94. The van der Waals surface area contributed by atoms with E-state index in [4.69, 9.17) is 0 Å². The predicted molar refractivity (Wildman–Crippen MR) is 94.8 cm³/mol. The van der Waals surface area contributed by atoms with E-state index in [-0.39, 0.29) is 11.7 Å². The molecule has 0 bridgehead atoms. The Morgan fingerprint density at radius 2 is 1.96 bits per heavy atom. The summed E-state index contributed by atoms with van der Waals surface area (Å²) in [5, 5.41) is 0.736. The summed E-state index contributed by atoms with van der Waals surface area (Å²) in [5.41, 5.74) is 2.48. The first-order valence-electron chi connectivity index (χ1n) is 8.37. The number of rotatable bonds is 3. The lowest BCUT2D eigenvalue weighted by Crippen LogP contribution is -2.36. The maximum Gasteiger partial charge on any atom is 0.387 e. The van der Waals surface area contributed by atoms with Gasteiger partial charge in [0.25, 0.3) is 5.91 Å². The van der Waals surface area contributed by atoms with Crippen LogP contribution in [-0.4, -0.2) is 24.0 Å². The second kappa shape index (κ2) is 6.71. The highest BCUT2D eigenvalue weighted by atomic mass is 19.3. The summed E-state index contributed by atoms with van der Waals surface area (Å²) >= 11 is 0. The predicted octanol–water partition coefficient (Wildman–Crippen LogP) is 4.43. The first-order valence-corrected chi connectivity index (χ1v) is 8.37. The first kappa shape index (κ1) is 16.4. The lowest BCUT2D eigenvalue weighted by Gasteiger charge is -2.31. The van der Waals surface area contributed by atoms with Crippen molar-refractivity contribution in [3.8, 4) is 5.75 Å². The van der Waals surface area contributed by atoms with E-state index in [0.717, 1.165) is 23.8 Å². The van der Waals surface area contributed by atoms with Crippen LogP contribution in [0.15, 0.2) is 54.7 Å². The van der Waals surface area contributed by atoms with Crippen LogP contribution < -0.4 is 9.64 Å². The third kappa shape index (κ3) is 2.87. The molecule has 2 heterocycles. The number of hydrogen-bond acceptors (Lipinski definition) is 3. The van der Waals surface area contributed by atoms with Crippen LogP contribution >= 0.6 is 0 Å². The van der Waals surface area contributed by atoms with Crippen LogP contribution in [-0.2, 0) is 6.42 Å². The van der Waals surface area contributed by atoms with Gasteiger partial charge in [-0.2, -0.15) is 8.78 Å². The molecule has 0 spiro atoms. The summed E-state index contributed by atoms with van der Waals surface area (Å²) in [6, 6.07) is 14.0. The second-order valence-electron chi connectivity index (χ2n) is 6.08. The average Bonchev–Trinajstić information content (AvgIpc) is 2.66. The van der Waals surface area contributed by atoms with Crippen molar-refractivity contribution in [2.24, 2.45) is 0 Å². The fourth-order valence-electron chi connectivity index (χ4n) is 3.44. The van der Waals surface area contributed by atoms with Gasteiger partial charge in [-0.3, -0.25) is 9.78 Å². The number of alkyl halides is 2. The Hall–Kier alpha value is -3.02. The monoisotopic (exact) mass is 354 g/mol. The van der Waals surface area contributed by atoms with Crippen LogP contribution in [0.5, 0.6) is 5.75 Å². The van der Waals surface area contributed by atoms with Crippen molar-refractivity contribution < 1.29 is 18.3 Å². The van der Waals surface area contributed by atoms with Crippen molar-refractivity contribution >= 4 is 22.5 Å². The molecule has 1 aromatic heterocycles. The molecular formula is C20H16F2N2O2. The van der Waals surface area contributed by atoms with Crippen LogP contribution in [0.25, 0.3) is 10.9 Å². The molecule has 0 aliphatic carbocycles. The number of benzene rings is 2. The maximum atomic E-state index is 13.3. The average molecular weight is 354 g/mol. The van der Waals surface area contributed by atoms with Crippen molar-refractivity contribution in [2.75, 3.05) is 11.4 Å². The number of para-hydroxylation sites is 2. The Labute approximate surface area is 149 Å². The third-order valence-corrected chi connectivity index (χ3v) is 4.52. The Morgan fingerprint density at radius 3 is 2.81 bits per heavy atom. The molecule has 2 aromatic carbocycles. The standard InChI is InChI=1S/C20H16F2N2O2/c21-20(22)26-17-9-3-5-13-6-4-12-24(18(13)17)19(25)15-10-11-23-16-8-2-1-7-14(15)16/h1-3,5,7-11,20H,4,6,12H2. The molecule has 0 saturated carbocycles. The molecule has 0 fully saturated rings. The fourth-order valence-corrected chi connectivity index (χ4v) is 3.44. The third-order valence-electron chi connectivity index (χ3n) is 4.52. The van der Waals surface area contributed by atoms with Gasteiger partial charge in [-0.05, 0) is 36.6 Å². The first-order chi connectivity index (χ1) is 12.6. The van der Waals surface area contributed by atoms with Gasteiger partial charge in [-0.25, -0.2) is 0 Å².